The van der Waals surface area contributed by atoms with Crippen LogP contribution >= 0.6 is 12.2 Å². The van der Waals surface area contributed by atoms with Crippen LogP contribution in [0.5, 0.6) is 0 Å². The number of hydrogen-bond donors (Lipinski definition) is 2. The van der Waals surface area contributed by atoms with Crippen molar-refractivity contribution < 1.29 is 9.53 Å². The summed E-state index contributed by atoms with van der Waals surface area (Å²) in [5, 5.41) is 0. The topological polar surface area (TPSA) is 85.9 Å². The summed E-state index contributed by atoms with van der Waals surface area (Å²) < 4.78 is 7.01. The fourth-order valence-corrected chi connectivity index (χ4v) is 1.90. The molecule has 2 aromatic rings. The molecule has 0 spiro atoms. The number of nitrogens with two attached hydrogens (primary N) is 1. The van der Waals surface area contributed by atoms with E-state index >= 15 is 0 Å². The first-order chi connectivity index (χ1) is 8.09. The lowest BCUT2D eigenvalue weighted by Gasteiger charge is -2.03. The molecule has 90 valence electrons. The van der Waals surface area contributed by atoms with Gasteiger partial charge in [0.15, 0.2) is 10.4 Å². The number of aryl methyl sites for hydroxylation is 1. The van der Waals surface area contributed by atoms with Gasteiger partial charge in [0.25, 0.3) is 0 Å². The predicted molar refractivity (Wildman–Crippen MR) is 65.2 cm³/mol. The molecule has 0 saturated heterocycles. The van der Waals surface area contributed by atoms with Crippen molar-refractivity contribution in [2.45, 2.75) is 13.5 Å². The zero-order valence-electron chi connectivity index (χ0n) is 9.27. The Morgan fingerprint density at radius 3 is 3.18 bits per heavy atom. The van der Waals surface area contributed by atoms with Crippen LogP contribution in [0, 0.1) is 11.7 Å². The molecular weight excluding hydrogens is 240 g/mol. The van der Waals surface area contributed by atoms with Crippen LogP contribution < -0.4 is 5.73 Å². The fraction of sp³-hybridized carbons (Fsp3) is 0.300. The third-order valence-corrected chi connectivity index (χ3v) is 2.75. The van der Waals surface area contributed by atoms with Crippen LogP contribution in [-0.2, 0) is 11.3 Å². The largest absolute Gasteiger partial charge is 0.448 e. The van der Waals surface area contributed by atoms with Crippen molar-refractivity contribution in [3.8, 4) is 0 Å². The maximum Gasteiger partial charge on any atom is 0.404 e. The summed E-state index contributed by atoms with van der Waals surface area (Å²) in [6, 6.07) is 1.90. The number of carbonyl (C=O) groups is 1. The van der Waals surface area contributed by atoms with Crippen molar-refractivity contribution in [1.29, 1.82) is 0 Å². The van der Waals surface area contributed by atoms with E-state index in [0.717, 1.165) is 16.7 Å². The van der Waals surface area contributed by atoms with Crippen LogP contribution in [0.1, 0.15) is 5.56 Å². The Kier molecular flexibility index (Phi) is 3.10. The van der Waals surface area contributed by atoms with Crippen LogP contribution in [-0.4, -0.2) is 27.2 Å². The first kappa shape index (κ1) is 11.6. The molecule has 3 N–H and O–H groups in total. The molecule has 2 heterocycles. The van der Waals surface area contributed by atoms with Crippen molar-refractivity contribution in [2.24, 2.45) is 5.73 Å². The average Bonchev–Trinajstić information content (AvgIpc) is 2.57. The summed E-state index contributed by atoms with van der Waals surface area (Å²) in [6.07, 6.45) is 0.923. The molecule has 0 radical (unpaired) electrons. The van der Waals surface area contributed by atoms with Gasteiger partial charge in [-0.15, -0.1) is 0 Å². The zero-order chi connectivity index (χ0) is 12.4. The van der Waals surface area contributed by atoms with E-state index in [1.54, 1.807) is 10.8 Å². The van der Waals surface area contributed by atoms with Gasteiger partial charge in [-0.05, 0) is 30.8 Å². The molecule has 0 unspecified atom stereocenters. The van der Waals surface area contributed by atoms with Crippen molar-refractivity contribution in [1.82, 2.24) is 14.5 Å². The number of fused-ring (bicyclic) bond motifs is 1. The van der Waals surface area contributed by atoms with Crippen molar-refractivity contribution in [3.63, 3.8) is 0 Å². The Hall–Kier alpha value is -1.89. The lowest BCUT2D eigenvalue weighted by molar-refractivity contribution is 0.152. The van der Waals surface area contributed by atoms with E-state index in [9.17, 15) is 4.79 Å². The van der Waals surface area contributed by atoms with E-state index in [0.29, 0.717) is 11.3 Å². The predicted octanol–water partition coefficient (Wildman–Crippen LogP) is 1.50. The molecule has 0 aliphatic rings. The summed E-state index contributed by atoms with van der Waals surface area (Å²) in [5.74, 6) is 0. The molecule has 1 amide bonds. The minimum Gasteiger partial charge on any atom is -0.448 e. The summed E-state index contributed by atoms with van der Waals surface area (Å²) in [5.41, 5.74) is 7.60. The van der Waals surface area contributed by atoms with Crippen LogP contribution in [0.3, 0.4) is 0 Å². The van der Waals surface area contributed by atoms with Gasteiger partial charge in [-0.3, -0.25) is 4.57 Å². The number of carbonyl (C=O) groups excluding carboxylic acids is 1. The number of aromatic nitrogens is 3. The lowest BCUT2D eigenvalue weighted by atomic mass is 10.3. The molecule has 0 aromatic carbocycles. The summed E-state index contributed by atoms with van der Waals surface area (Å²) >= 11 is 5.19. The van der Waals surface area contributed by atoms with Crippen LogP contribution in [0.4, 0.5) is 4.79 Å². The van der Waals surface area contributed by atoms with Crippen LogP contribution in [0.25, 0.3) is 11.2 Å². The minimum absolute atomic E-state index is 0.173. The highest BCUT2D eigenvalue weighted by molar-refractivity contribution is 7.71. The molecule has 0 fully saturated rings. The molecule has 7 heteroatoms. The molecule has 2 aromatic heterocycles. The Labute approximate surface area is 102 Å². The molecule has 0 bridgehead atoms. The first-order valence-electron chi connectivity index (χ1n) is 5.06. The second-order valence-corrected chi connectivity index (χ2v) is 3.96. The van der Waals surface area contributed by atoms with Gasteiger partial charge in [-0.25, -0.2) is 9.78 Å². The molecule has 2 rings (SSSR count). The Morgan fingerprint density at radius 2 is 2.47 bits per heavy atom. The number of imidazole rings is 1. The fourth-order valence-electron chi connectivity index (χ4n) is 1.62. The average molecular weight is 252 g/mol. The Balaban J connectivity index is 2.34. The van der Waals surface area contributed by atoms with Gasteiger partial charge in [-0.1, -0.05) is 0 Å². The van der Waals surface area contributed by atoms with E-state index in [-0.39, 0.29) is 6.61 Å². The number of nitrogens with zero attached hydrogens (tertiary/aromatic N) is 2. The van der Waals surface area contributed by atoms with Gasteiger partial charge >= 0.3 is 6.09 Å². The van der Waals surface area contributed by atoms with E-state index in [4.69, 9.17) is 18.0 Å². The number of hydrogen-bond acceptors (Lipinski definition) is 4. The number of H-pyrrole nitrogens is 1. The number of pyridine rings is 1. The van der Waals surface area contributed by atoms with Gasteiger partial charge in [0, 0.05) is 6.20 Å². The first-order valence-corrected chi connectivity index (χ1v) is 5.47. The number of rotatable bonds is 3. The number of primary amides is 1. The highest BCUT2D eigenvalue weighted by Crippen LogP contribution is 2.14. The quantitative estimate of drug-likeness (QED) is 0.810. The van der Waals surface area contributed by atoms with Gasteiger partial charge in [0.2, 0.25) is 0 Å². The zero-order valence-corrected chi connectivity index (χ0v) is 10.1. The summed E-state index contributed by atoms with van der Waals surface area (Å²) in [7, 11) is 0. The smallest absolute Gasteiger partial charge is 0.404 e. The monoisotopic (exact) mass is 252 g/mol. The molecule has 6 nitrogen and oxygen atoms in total. The Bertz CT molecular complexity index is 616. The molecule has 0 atom stereocenters. The maximum atomic E-state index is 10.5. The van der Waals surface area contributed by atoms with E-state index in [2.05, 4.69) is 14.7 Å². The number of amides is 1. The SMILES string of the molecule is Cc1ccnc2c1[nH]c(=S)n2CCOC(N)=O. The highest BCUT2D eigenvalue weighted by atomic mass is 32.1. The Morgan fingerprint density at radius 1 is 1.71 bits per heavy atom. The van der Waals surface area contributed by atoms with Crippen molar-refractivity contribution in [2.75, 3.05) is 6.61 Å². The highest BCUT2D eigenvalue weighted by Gasteiger charge is 2.07. The van der Waals surface area contributed by atoms with E-state index < -0.39 is 6.09 Å². The number of nitrogens with one attached hydrogen (secondary N) is 1. The van der Waals surface area contributed by atoms with E-state index in [1.807, 2.05) is 13.0 Å². The number of ether oxygens (including phenoxy) is 1. The summed E-state index contributed by atoms with van der Waals surface area (Å²) in [4.78, 5) is 17.8. The van der Waals surface area contributed by atoms with Crippen molar-refractivity contribution in [3.05, 3.63) is 22.6 Å². The molecule has 0 saturated carbocycles. The maximum absolute atomic E-state index is 10.5. The second kappa shape index (κ2) is 4.54. The van der Waals surface area contributed by atoms with Gasteiger partial charge in [0.1, 0.15) is 6.61 Å². The number of aromatic amines is 1. The third kappa shape index (κ3) is 2.28. The normalized spacial score (nSPS) is 10.6. The van der Waals surface area contributed by atoms with Crippen LogP contribution in [0.2, 0.25) is 0 Å². The van der Waals surface area contributed by atoms with Gasteiger partial charge in [0.05, 0.1) is 12.1 Å². The second-order valence-electron chi connectivity index (χ2n) is 3.58. The summed E-state index contributed by atoms with van der Waals surface area (Å²) in [6.45, 7) is 2.57. The van der Waals surface area contributed by atoms with Gasteiger partial charge < -0.3 is 15.5 Å². The standard InChI is InChI=1S/C10H12N4O2S/c1-6-2-3-12-8-7(6)13-10(17)14(8)4-5-16-9(11)15/h2-3H,4-5H2,1H3,(H2,11,15)(H,13,17). The minimum atomic E-state index is -0.791. The molecule has 17 heavy (non-hydrogen) atoms. The molecule has 0 aliphatic carbocycles. The molecular formula is C10H12N4O2S. The third-order valence-electron chi connectivity index (χ3n) is 2.43. The van der Waals surface area contributed by atoms with Crippen molar-refractivity contribution >= 4 is 29.5 Å². The van der Waals surface area contributed by atoms with E-state index in [1.165, 1.54) is 0 Å². The van der Waals surface area contributed by atoms with Gasteiger partial charge in [-0.2, -0.15) is 0 Å². The molecule has 0 aliphatic heterocycles. The van der Waals surface area contributed by atoms with Crippen LogP contribution in [0.15, 0.2) is 12.3 Å². The lowest BCUT2D eigenvalue weighted by Crippen LogP contribution is -2.16.